The fourth-order valence-corrected chi connectivity index (χ4v) is 1.38. The van der Waals surface area contributed by atoms with E-state index < -0.39 is 11.7 Å². The van der Waals surface area contributed by atoms with Gasteiger partial charge in [0.1, 0.15) is 0 Å². The minimum Gasteiger partial charge on any atom is -0.352 e. The van der Waals surface area contributed by atoms with Gasteiger partial charge in [-0.15, -0.1) is 0 Å². The van der Waals surface area contributed by atoms with Gasteiger partial charge in [0.05, 0.1) is 5.66 Å². The second-order valence-corrected chi connectivity index (χ2v) is 2.85. The summed E-state index contributed by atoms with van der Waals surface area (Å²) >= 11 is 0. The molecule has 1 fully saturated rings. The zero-order valence-electron chi connectivity index (χ0n) is 5.89. The lowest BCUT2D eigenvalue weighted by Crippen LogP contribution is -2.55. The molecule has 0 unspecified atom stereocenters. The second-order valence-electron chi connectivity index (χ2n) is 2.85. The summed E-state index contributed by atoms with van der Waals surface area (Å²) in [6.07, 6.45) is 3.85. The van der Waals surface area contributed by atoms with Gasteiger partial charge in [-0.2, -0.15) is 0 Å². The van der Waals surface area contributed by atoms with E-state index in [1.807, 2.05) is 0 Å². The van der Waals surface area contributed by atoms with Crippen LogP contribution >= 0.6 is 0 Å². The molecule has 0 aromatic carbocycles. The van der Waals surface area contributed by atoms with Gasteiger partial charge < -0.3 is 16.8 Å². The number of amides is 2. The summed E-state index contributed by atoms with van der Waals surface area (Å²) in [6.45, 7) is 0. The number of carbonyl (C=O) groups is 1. The van der Waals surface area contributed by atoms with Gasteiger partial charge in [0.25, 0.3) is 0 Å². The molecule has 0 heterocycles. The lowest BCUT2D eigenvalue weighted by Gasteiger charge is -2.23. The van der Waals surface area contributed by atoms with Crippen LogP contribution in [0.25, 0.3) is 0 Å². The molecule has 0 aliphatic heterocycles. The first-order chi connectivity index (χ1) is 4.62. The van der Waals surface area contributed by atoms with Crippen LogP contribution in [0.1, 0.15) is 25.7 Å². The van der Waals surface area contributed by atoms with Crippen molar-refractivity contribution in [2.45, 2.75) is 31.3 Å². The van der Waals surface area contributed by atoms with Crippen molar-refractivity contribution in [3.8, 4) is 0 Å². The maximum absolute atomic E-state index is 10.4. The molecule has 4 nitrogen and oxygen atoms in total. The van der Waals surface area contributed by atoms with Gasteiger partial charge in [-0.3, -0.25) is 0 Å². The first-order valence-corrected chi connectivity index (χ1v) is 3.49. The van der Waals surface area contributed by atoms with E-state index in [-0.39, 0.29) is 0 Å². The van der Waals surface area contributed by atoms with Crippen molar-refractivity contribution in [3.05, 3.63) is 0 Å². The van der Waals surface area contributed by atoms with Gasteiger partial charge >= 0.3 is 6.03 Å². The first kappa shape index (κ1) is 7.34. The van der Waals surface area contributed by atoms with Crippen molar-refractivity contribution < 1.29 is 4.79 Å². The molecule has 0 bridgehead atoms. The zero-order valence-corrected chi connectivity index (χ0v) is 5.89. The molecule has 0 radical (unpaired) electrons. The normalized spacial score (nSPS) is 22.5. The fourth-order valence-electron chi connectivity index (χ4n) is 1.38. The topological polar surface area (TPSA) is 81.1 Å². The molecular formula is C6H13N3O. The molecule has 58 valence electrons. The summed E-state index contributed by atoms with van der Waals surface area (Å²) in [6, 6.07) is -0.524. The lowest BCUT2D eigenvalue weighted by atomic mass is 10.1. The van der Waals surface area contributed by atoms with E-state index in [1.54, 1.807) is 0 Å². The maximum Gasteiger partial charge on any atom is 0.313 e. The van der Waals surface area contributed by atoms with Crippen LogP contribution in [0, 0.1) is 0 Å². The molecule has 5 N–H and O–H groups in total. The Morgan fingerprint density at radius 3 is 2.30 bits per heavy atom. The van der Waals surface area contributed by atoms with Crippen molar-refractivity contribution in [1.82, 2.24) is 5.32 Å². The highest BCUT2D eigenvalue weighted by Gasteiger charge is 2.29. The summed E-state index contributed by atoms with van der Waals surface area (Å²) in [7, 11) is 0. The molecular weight excluding hydrogens is 130 g/mol. The van der Waals surface area contributed by atoms with Gasteiger partial charge in [0.2, 0.25) is 0 Å². The summed E-state index contributed by atoms with van der Waals surface area (Å²) < 4.78 is 0. The van der Waals surface area contributed by atoms with Gasteiger partial charge in [-0.1, -0.05) is 0 Å². The van der Waals surface area contributed by atoms with Crippen LogP contribution in [0.15, 0.2) is 0 Å². The van der Waals surface area contributed by atoms with Crippen molar-refractivity contribution >= 4 is 6.03 Å². The minimum absolute atomic E-state index is 0.508. The number of rotatable bonds is 1. The number of hydrogen-bond donors (Lipinski definition) is 3. The van der Waals surface area contributed by atoms with Crippen LogP contribution in [-0.4, -0.2) is 11.7 Å². The Hall–Kier alpha value is -0.770. The largest absolute Gasteiger partial charge is 0.352 e. The third-order valence-corrected chi connectivity index (χ3v) is 1.87. The van der Waals surface area contributed by atoms with E-state index in [4.69, 9.17) is 11.5 Å². The molecule has 0 aromatic heterocycles. The number of nitrogens with two attached hydrogens (primary N) is 2. The number of carbonyl (C=O) groups excluding carboxylic acids is 1. The Morgan fingerprint density at radius 1 is 1.40 bits per heavy atom. The van der Waals surface area contributed by atoms with E-state index in [9.17, 15) is 4.79 Å². The van der Waals surface area contributed by atoms with E-state index in [2.05, 4.69) is 5.32 Å². The molecule has 2 amide bonds. The summed E-state index contributed by atoms with van der Waals surface area (Å²) in [5.41, 5.74) is 10.2. The average Bonchev–Trinajstić information content (AvgIpc) is 2.12. The van der Waals surface area contributed by atoms with Crippen molar-refractivity contribution in [2.24, 2.45) is 11.5 Å². The highest BCUT2D eigenvalue weighted by molar-refractivity contribution is 5.72. The Kier molecular flexibility index (Phi) is 1.80. The first-order valence-electron chi connectivity index (χ1n) is 3.49. The van der Waals surface area contributed by atoms with Crippen molar-refractivity contribution in [2.75, 3.05) is 0 Å². The number of primary amides is 1. The highest BCUT2D eigenvalue weighted by atomic mass is 16.2. The molecule has 4 heteroatoms. The predicted molar refractivity (Wildman–Crippen MR) is 38.1 cm³/mol. The highest BCUT2D eigenvalue weighted by Crippen LogP contribution is 2.23. The zero-order chi connectivity index (χ0) is 7.61. The Bertz CT molecular complexity index is 140. The monoisotopic (exact) mass is 143 g/mol. The maximum atomic E-state index is 10.4. The number of urea groups is 1. The van der Waals surface area contributed by atoms with Gasteiger partial charge in [0, 0.05) is 0 Å². The van der Waals surface area contributed by atoms with Crippen LogP contribution in [-0.2, 0) is 0 Å². The van der Waals surface area contributed by atoms with Crippen LogP contribution in [0.2, 0.25) is 0 Å². The molecule has 0 saturated heterocycles. The van der Waals surface area contributed by atoms with Crippen LogP contribution in [0.3, 0.4) is 0 Å². The summed E-state index contributed by atoms with van der Waals surface area (Å²) in [5, 5.41) is 2.53. The smallest absolute Gasteiger partial charge is 0.313 e. The average molecular weight is 143 g/mol. The van der Waals surface area contributed by atoms with E-state index >= 15 is 0 Å². The predicted octanol–water partition coefficient (Wildman–Crippen LogP) is -0.116. The summed E-state index contributed by atoms with van der Waals surface area (Å²) in [4.78, 5) is 10.4. The van der Waals surface area contributed by atoms with E-state index in [1.165, 1.54) is 0 Å². The Balaban J connectivity index is 2.43. The lowest BCUT2D eigenvalue weighted by molar-refractivity contribution is 0.234. The van der Waals surface area contributed by atoms with E-state index in [0.29, 0.717) is 0 Å². The minimum atomic E-state index is -0.524. The van der Waals surface area contributed by atoms with Crippen LogP contribution in [0.4, 0.5) is 4.79 Å². The van der Waals surface area contributed by atoms with Crippen LogP contribution in [0.5, 0.6) is 0 Å². The number of nitrogens with one attached hydrogen (secondary N) is 1. The molecule has 1 saturated carbocycles. The molecule has 0 spiro atoms. The third-order valence-electron chi connectivity index (χ3n) is 1.87. The molecule has 1 aliphatic rings. The second kappa shape index (κ2) is 2.46. The molecule has 0 atom stereocenters. The van der Waals surface area contributed by atoms with Gasteiger partial charge in [0.15, 0.2) is 0 Å². The molecule has 1 rings (SSSR count). The molecule has 0 aromatic rings. The molecule has 1 aliphatic carbocycles. The van der Waals surface area contributed by atoms with Gasteiger partial charge in [-0.25, -0.2) is 4.79 Å². The van der Waals surface area contributed by atoms with E-state index in [0.717, 1.165) is 25.7 Å². The number of hydrogen-bond acceptors (Lipinski definition) is 2. The van der Waals surface area contributed by atoms with Crippen LogP contribution < -0.4 is 16.8 Å². The Labute approximate surface area is 59.9 Å². The third kappa shape index (κ3) is 1.60. The Morgan fingerprint density at radius 2 is 1.90 bits per heavy atom. The van der Waals surface area contributed by atoms with Crippen molar-refractivity contribution in [1.29, 1.82) is 0 Å². The standard InChI is InChI=1S/C6H13N3O/c7-5(10)9-6(8)3-1-2-4-6/h1-4,8H2,(H3,7,9,10). The van der Waals surface area contributed by atoms with Gasteiger partial charge in [-0.05, 0) is 25.7 Å². The summed E-state index contributed by atoms with van der Waals surface area (Å²) in [5.74, 6) is 0. The van der Waals surface area contributed by atoms with Crippen molar-refractivity contribution in [3.63, 3.8) is 0 Å². The quantitative estimate of drug-likeness (QED) is 0.447. The SMILES string of the molecule is NC(=O)NC1(N)CCCC1. The fraction of sp³-hybridized carbons (Fsp3) is 0.833. The molecule has 10 heavy (non-hydrogen) atoms.